The molecule has 1 atom stereocenters. The lowest BCUT2D eigenvalue weighted by molar-refractivity contribution is -0.122. The molecule has 1 unspecified atom stereocenters. The largest absolute Gasteiger partial charge is 0.354 e. The van der Waals surface area contributed by atoms with Gasteiger partial charge in [0.1, 0.15) is 0 Å². The maximum Gasteiger partial charge on any atom is 0.234 e. The Kier molecular flexibility index (Phi) is 1.81. The second-order valence-corrected chi connectivity index (χ2v) is 2.55. The Bertz CT molecular complexity index is 106. The quantitative estimate of drug-likeness (QED) is 0.438. The van der Waals surface area contributed by atoms with Crippen molar-refractivity contribution in [1.82, 2.24) is 9.99 Å². The zero-order valence-electron chi connectivity index (χ0n) is 4.55. The molecular weight excluding hydrogens is 123 g/mol. The number of rotatable bonds is 0. The molecule has 1 saturated heterocycles. The number of nitrogens with zero attached hydrogens (tertiary/aromatic N) is 1. The van der Waals surface area contributed by atoms with Crippen LogP contribution in [0.4, 0.5) is 0 Å². The van der Waals surface area contributed by atoms with Crippen LogP contribution in [0.1, 0.15) is 0 Å². The summed E-state index contributed by atoms with van der Waals surface area (Å²) in [5, 5.41) is 2.72. The van der Waals surface area contributed by atoms with Gasteiger partial charge in [-0.25, -0.2) is 0 Å². The van der Waals surface area contributed by atoms with E-state index in [-0.39, 0.29) is 5.91 Å². The van der Waals surface area contributed by atoms with Gasteiger partial charge >= 0.3 is 0 Å². The molecule has 1 aliphatic rings. The van der Waals surface area contributed by atoms with Crippen LogP contribution in [0.5, 0.6) is 0 Å². The fourth-order valence-electron chi connectivity index (χ4n) is 0.658. The summed E-state index contributed by atoms with van der Waals surface area (Å²) in [5.41, 5.74) is 0. The minimum Gasteiger partial charge on any atom is -0.354 e. The normalized spacial score (nSPS) is 22.9. The van der Waals surface area contributed by atoms with Gasteiger partial charge in [-0.05, 0) is 0 Å². The maximum atomic E-state index is 10.5. The summed E-state index contributed by atoms with van der Waals surface area (Å²) >= 11 is 0. The smallest absolute Gasteiger partial charge is 0.234 e. The van der Waals surface area contributed by atoms with Gasteiger partial charge in [-0.2, -0.15) is 0 Å². The summed E-state index contributed by atoms with van der Waals surface area (Å²) in [6.07, 6.45) is 0. The number of hydrogen-bond acceptors (Lipinski definition) is 2. The van der Waals surface area contributed by atoms with Crippen molar-refractivity contribution < 1.29 is 4.79 Å². The van der Waals surface area contributed by atoms with Crippen LogP contribution in [-0.4, -0.2) is 30.2 Å². The van der Waals surface area contributed by atoms with Crippen molar-refractivity contribution in [2.24, 2.45) is 0 Å². The second kappa shape index (κ2) is 2.42. The van der Waals surface area contributed by atoms with Crippen molar-refractivity contribution in [2.45, 2.75) is 0 Å². The minimum atomic E-state index is 0.117. The predicted octanol–water partition coefficient (Wildman–Crippen LogP) is -0.792. The van der Waals surface area contributed by atoms with Crippen LogP contribution >= 0.6 is 9.39 Å². The molecular formula is C4H9N2OP. The number of piperazine rings is 1. The Morgan fingerprint density at radius 2 is 2.50 bits per heavy atom. The Morgan fingerprint density at radius 3 is 2.88 bits per heavy atom. The van der Waals surface area contributed by atoms with Crippen molar-refractivity contribution >= 4 is 15.3 Å². The van der Waals surface area contributed by atoms with Crippen LogP contribution < -0.4 is 5.32 Å². The van der Waals surface area contributed by atoms with E-state index in [2.05, 4.69) is 14.7 Å². The van der Waals surface area contributed by atoms with Crippen LogP contribution in [0.25, 0.3) is 0 Å². The third-order valence-corrected chi connectivity index (χ3v) is 1.51. The van der Waals surface area contributed by atoms with Crippen molar-refractivity contribution in [3.05, 3.63) is 0 Å². The average molecular weight is 132 g/mol. The zero-order chi connectivity index (χ0) is 5.98. The average Bonchev–Trinajstić information content (AvgIpc) is 1.64. The van der Waals surface area contributed by atoms with E-state index < -0.39 is 0 Å². The van der Waals surface area contributed by atoms with E-state index in [9.17, 15) is 4.79 Å². The molecule has 1 fully saturated rings. The van der Waals surface area contributed by atoms with Gasteiger partial charge in [0.25, 0.3) is 0 Å². The number of carbonyl (C=O) groups excluding carboxylic acids is 1. The molecule has 1 rings (SSSR count). The SMILES string of the molecule is O=C1CN(P)CCN1. The molecule has 0 aromatic rings. The summed E-state index contributed by atoms with van der Waals surface area (Å²) in [6, 6.07) is 0. The highest BCUT2D eigenvalue weighted by molar-refractivity contribution is 7.13. The molecule has 1 aliphatic heterocycles. The number of amides is 1. The summed E-state index contributed by atoms with van der Waals surface area (Å²) in [4.78, 5) is 10.5. The standard InChI is InChI=1S/C4H9N2OP/c7-4-3-6(8)2-1-5-4/h1-3,8H2,(H,5,7). The van der Waals surface area contributed by atoms with E-state index in [0.29, 0.717) is 6.54 Å². The summed E-state index contributed by atoms with van der Waals surface area (Å²) in [7, 11) is 2.50. The van der Waals surface area contributed by atoms with Gasteiger partial charge < -0.3 is 5.32 Å². The molecule has 8 heavy (non-hydrogen) atoms. The molecule has 0 aromatic carbocycles. The van der Waals surface area contributed by atoms with Crippen molar-refractivity contribution in [2.75, 3.05) is 19.6 Å². The molecule has 1 heterocycles. The molecule has 0 aliphatic carbocycles. The van der Waals surface area contributed by atoms with Crippen molar-refractivity contribution in [1.29, 1.82) is 0 Å². The van der Waals surface area contributed by atoms with Crippen molar-refractivity contribution in [3.8, 4) is 0 Å². The molecule has 0 aromatic heterocycles. The topological polar surface area (TPSA) is 32.3 Å². The molecule has 3 nitrogen and oxygen atoms in total. The van der Waals surface area contributed by atoms with E-state index >= 15 is 0 Å². The highest BCUT2D eigenvalue weighted by atomic mass is 31.0. The molecule has 0 bridgehead atoms. The zero-order valence-corrected chi connectivity index (χ0v) is 5.71. The molecule has 4 heteroatoms. The predicted molar refractivity (Wildman–Crippen MR) is 34.3 cm³/mol. The Labute approximate surface area is 50.7 Å². The fraction of sp³-hybridized carbons (Fsp3) is 0.750. The highest BCUT2D eigenvalue weighted by Gasteiger charge is 2.10. The van der Waals surface area contributed by atoms with Crippen LogP contribution in [0.15, 0.2) is 0 Å². The first kappa shape index (κ1) is 5.99. The van der Waals surface area contributed by atoms with E-state index in [0.717, 1.165) is 13.1 Å². The highest BCUT2D eigenvalue weighted by Crippen LogP contribution is 1.98. The van der Waals surface area contributed by atoms with Crippen LogP contribution in [0, 0.1) is 0 Å². The third-order valence-electron chi connectivity index (χ3n) is 1.07. The molecule has 1 amide bonds. The van der Waals surface area contributed by atoms with E-state index in [1.807, 2.05) is 4.67 Å². The summed E-state index contributed by atoms with van der Waals surface area (Å²) in [6.45, 7) is 2.24. The lowest BCUT2D eigenvalue weighted by Gasteiger charge is -2.20. The molecule has 46 valence electrons. The third kappa shape index (κ3) is 1.42. The van der Waals surface area contributed by atoms with Gasteiger partial charge in [0.15, 0.2) is 0 Å². The fourth-order valence-corrected chi connectivity index (χ4v) is 0.953. The van der Waals surface area contributed by atoms with Crippen LogP contribution in [0.3, 0.4) is 0 Å². The number of hydrogen-bond donors (Lipinski definition) is 1. The van der Waals surface area contributed by atoms with Gasteiger partial charge in [0.2, 0.25) is 5.91 Å². The summed E-state index contributed by atoms with van der Waals surface area (Å²) in [5.74, 6) is 0.117. The second-order valence-electron chi connectivity index (χ2n) is 1.82. The lowest BCUT2D eigenvalue weighted by Crippen LogP contribution is -2.43. The molecule has 0 radical (unpaired) electrons. The van der Waals surface area contributed by atoms with Gasteiger partial charge in [0, 0.05) is 13.1 Å². The van der Waals surface area contributed by atoms with Gasteiger partial charge in [-0.15, -0.1) is 0 Å². The van der Waals surface area contributed by atoms with Crippen LogP contribution in [-0.2, 0) is 4.79 Å². The molecule has 0 saturated carbocycles. The maximum absolute atomic E-state index is 10.5. The van der Waals surface area contributed by atoms with Crippen molar-refractivity contribution in [3.63, 3.8) is 0 Å². The van der Waals surface area contributed by atoms with E-state index in [1.165, 1.54) is 0 Å². The van der Waals surface area contributed by atoms with E-state index in [1.54, 1.807) is 0 Å². The first-order valence-electron chi connectivity index (χ1n) is 2.55. The first-order chi connectivity index (χ1) is 3.79. The number of nitrogens with one attached hydrogen (secondary N) is 1. The van der Waals surface area contributed by atoms with Gasteiger partial charge in [-0.1, -0.05) is 9.39 Å². The first-order valence-corrected chi connectivity index (χ1v) is 3.07. The van der Waals surface area contributed by atoms with Gasteiger partial charge in [-0.3, -0.25) is 9.46 Å². The van der Waals surface area contributed by atoms with E-state index in [4.69, 9.17) is 0 Å². The molecule has 1 N–H and O–H groups in total. The van der Waals surface area contributed by atoms with Gasteiger partial charge in [0.05, 0.1) is 6.54 Å². The van der Waals surface area contributed by atoms with Crippen LogP contribution in [0.2, 0.25) is 0 Å². The monoisotopic (exact) mass is 132 g/mol. The number of carbonyl (C=O) groups is 1. The Hall–Kier alpha value is -0.140. The Morgan fingerprint density at radius 1 is 1.75 bits per heavy atom. The Balaban J connectivity index is 2.34. The minimum absolute atomic E-state index is 0.117. The lowest BCUT2D eigenvalue weighted by atomic mass is 10.4. The summed E-state index contributed by atoms with van der Waals surface area (Å²) < 4.78 is 1.92. The molecule has 0 spiro atoms.